The van der Waals surface area contributed by atoms with E-state index in [2.05, 4.69) is 10.4 Å². The zero-order valence-corrected chi connectivity index (χ0v) is 20.0. The van der Waals surface area contributed by atoms with Gasteiger partial charge in [0.25, 0.3) is 12.3 Å². The van der Waals surface area contributed by atoms with Gasteiger partial charge in [-0.2, -0.15) is 5.10 Å². The number of aromatic nitrogens is 2. The van der Waals surface area contributed by atoms with Crippen LogP contribution in [0.2, 0.25) is 0 Å². The lowest BCUT2D eigenvalue weighted by Gasteiger charge is -2.65. The Morgan fingerprint density at radius 2 is 1.83 bits per heavy atom. The molecule has 2 aromatic rings. The number of anilines is 1. The van der Waals surface area contributed by atoms with Crippen LogP contribution in [0.4, 0.5) is 27.6 Å². The fourth-order valence-electron chi connectivity index (χ4n) is 6.02. The number of hydrogen-bond acceptors (Lipinski definition) is 4. The number of hydrogen-bond donors (Lipinski definition) is 2. The lowest BCUT2D eigenvalue weighted by Crippen LogP contribution is -2.67. The second-order valence-corrected chi connectivity index (χ2v) is 13.0. The molecule has 1 aromatic carbocycles. The van der Waals surface area contributed by atoms with Crippen molar-refractivity contribution in [3.8, 4) is 0 Å². The molecule has 6 nitrogen and oxygen atoms in total. The lowest BCUT2D eigenvalue weighted by atomic mass is 9.41. The van der Waals surface area contributed by atoms with Crippen molar-refractivity contribution in [3.63, 3.8) is 0 Å². The molecule has 2 N–H and O–H groups in total. The van der Waals surface area contributed by atoms with Gasteiger partial charge in [0.2, 0.25) is 5.92 Å². The van der Waals surface area contributed by atoms with Crippen LogP contribution in [0.3, 0.4) is 0 Å². The molecule has 1 aromatic heterocycles. The number of carbonyl (C=O) groups excluding carboxylic acids is 1. The van der Waals surface area contributed by atoms with Gasteiger partial charge in [-0.1, -0.05) is 13.0 Å². The van der Waals surface area contributed by atoms with E-state index in [-0.39, 0.29) is 42.1 Å². The fourth-order valence-corrected chi connectivity index (χ4v) is 6.71. The van der Waals surface area contributed by atoms with Gasteiger partial charge < -0.3 is 5.32 Å². The molecule has 1 amide bonds. The summed E-state index contributed by atoms with van der Waals surface area (Å²) in [5.41, 5.74) is -4.16. The smallest absolute Gasteiger partial charge is 0.274 e. The first-order chi connectivity index (χ1) is 16.0. The Bertz CT molecular complexity index is 1310. The monoisotopic (exact) mass is 516 g/mol. The van der Waals surface area contributed by atoms with E-state index < -0.39 is 68.6 Å². The van der Waals surface area contributed by atoms with Crippen molar-refractivity contribution in [3.05, 3.63) is 41.2 Å². The zero-order valence-electron chi connectivity index (χ0n) is 19.1. The number of nitrogens with one attached hydrogen (secondary N) is 2. The molecule has 4 aliphatic rings. The maximum atomic E-state index is 14.4. The van der Waals surface area contributed by atoms with Crippen LogP contribution < -0.4 is 5.32 Å². The summed E-state index contributed by atoms with van der Waals surface area (Å²) < 4.78 is 91.1. The molecular weight excluding hydrogens is 491 g/mol. The standard InChI is InChI=1S/C23H25F5N4O2S/c1-20(7-23(27,28)8-20)12-32-16(19(33)30-13-4-3-5-14(6-13)35(2,29)34)15(18(24)25)17(31-32)21-9-22(26,10-21)11-21/h3-6,18,29H,7-12H2,1-2H3,(H,30,33). The summed E-state index contributed by atoms with van der Waals surface area (Å²) in [6.07, 6.45) is -2.67. The molecular formula is C23H25F5N4O2S. The summed E-state index contributed by atoms with van der Waals surface area (Å²) in [5, 5.41) is 6.82. The van der Waals surface area contributed by atoms with E-state index in [1.54, 1.807) is 6.92 Å². The summed E-state index contributed by atoms with van der Waals surface area (Å²) in [6, 6.07) is 5.70. The van der Waals surface area contributed by atoms with Crippen LogP contribution in [0, 0.1) is 10.2 Å². The average molecular weight is 517 g/mol. The van der Waals surface area contributed by atoms with E-state index in [9.17, 15) is 31.0 Å². The van der Waals surface area contributed by atoms with Crippen molar-refractivity contribution in [1.29, 1.82) is 4.78 Å². The van der Waals surface area contributed by atoms with Gasteiger partial charge in [0, 0.05) is 41.6 Å². The molecule has 0 saturated heterocycles. The first kappa shape index (κ1) is 24.2. The number of benzene rings is 1. The highest BCUT2D eigenvalue weighted by molar-refractivity contribution is 7.91. The van der Waals surface area contributed by atoms with Crippen molar-refractivity contribution < 1.29 is 31.0 Å². The van der Waals surface area contributed by atoms with Crippen LogP contribution in [0.1, 0.15) is 67.2 Å². The fraction of sp³-hybridized carbons (Fsp3) is 0.565. The van der Waals surface area contributed by atoms with Crippen LogP contribution in [0.15, 0.2) is 29.2 Å². The number of halogens is 5. The zero-order chi connectivity index (χ0) is 25.6. The maximum Gasteiger partial charge on any atom is 0.274 e. The predicted molar refractivity (Wildman–Crippen MR) is 118 cm³/mol. The van der Waals surface area contributed by atoms with E-state index in [1.807, 2.05) is 0 Å². The Labute approximate surface area is 199 Å². The quantitative estimate of drug-likeness (QED) is 0.464. The van der Waals surface area contributed by atoms with Gasteiger partial charge in [0.15, 0.2) is 0 Å². The Morgan fingerprint density at radius 1 is 1.20 bits per heavy atom. The van der Waals surface area contributed by atoms with Crippen molar-refractivity contribution >= 4 is 21.3 Å². The molecule has 1 atom stereocenters. The molecule has 12 heteroatoms. The molecule has 2 bridgehead atoms. The second kappa shape index (κ2) is 7.27. The largest absolute Gasteiger partial charge is 0.321 e. The van der Waals surface area contributed by atoms with E-state index in [1.165, 1.54) is 30.5 Å². The summed E-state index contributed by atoms with van der Waals surface area (Å²) in [6.45, 7) is 1.42. The van der Waals surface area contributed by atoms with Gasteiger partial charge in [-0.25, -0.2) is 30.9 Å². The van der Waals surface area contributed by atoms with Gasteiger partial charge in [0.05, 0.1) is 21.0 Å². The third-order valence-electron chi connectivity index (χ3n) is 7.33. The van der Waals surface area contributed by atoms with Gasteiger partial charge in [-0.3, -0.25) is 9.48 Å². The van der Waals surface area contributed by atoms with E-state index in [4.69, 9.17) is 4.78 Å². The number of alkyl halides is 5. The van der Waals surface area contributed by atoms with Gasteiger partial charge in [0.1, 0.15) is 11.4 Å². The van der Waals surface area contributed by atoms with Crippen LogP contribution >= 0.6 is 0 Å². The van der Waals surface area contributed by atoms with E-state index in [0.29, 0.717) is 0 Å². The van der Waals surface area contributed by atoms with Gasteiger partial charge >= 0.3 is 0 Å². The third-order valence-corrected chi connectivity index (χ3v) is 8.49. The normalized spacial score (nSPS) is 29.5. The Kier molecular flexibility index (Phi) is 5.03. The minimum Gasteiger partial charge on any atom is -0.321 e. The molecule has 0 aliphatic heterocycles. The SMILES string of the molecule is CC1(Cn2nc(C34CC(F)(C3)C4)c(C(F)F)c2C(=O)Nc2cccc(S(C)(=N)=O)c2)CC(F)(F)C1. The highest BCUT2D eigenvalue weighted by Crippen LogP contribution is 2.70. The predicted octanol–water partition coefficient (Wildman–Crippen LogP) is 5.69. The summed E-state index contributed by atoms with van der Waals surface area (Å²) in [7, 11) is -3.09. The highest BCUT2D eigenvalue weighted by Gasteiger charge is 2.71. The molecule has 1 heterocycles. The molecule has 1 unspecified atom stereocenters. The number of amides is 1. The number of rotatable bonds is 7. The van der Waals surface area contributed by atoms with E-state index in [0.717, 1.165) is 4.68 Å². The van der Waals surface area contributed by atoms with Crippen molar-refractivity contribution in [2.45, 2.75) is 73.9 Å². The molecule has 35 heavy (non-hydrogen) atoms. The summed E-state index contributed by atoms with van der Waals surface area (Å²) in [4.78, 5) is 13.5. The average Bonchev–Trinajstić information content (AvgIpc) is 3.01. The summed E-state index contributed by atoms with van der Waals surface area (Å²) >= 11 is 0. The molecule has 6 rings (SSSR count). The second-order valence-electron chi connectivity index (χ2n) is 10.9. The number of carbonyl (C=O) groups is 1. The molecule has 0 spiro atoms. The van der Waals surface area contributed by atoms with Gasteiger partial charge in [-0.05, 0) is 42.9 Å². The minimum absolute atomic E-state index is 0.0386. The molecule has 4 saturated carbocycles. The first-order valence-electron chi connectivity index (χ1n) is 11.2. The van der Waals surface area contributed by atoms with E-state index >= 15 is 0 Å². The topological polar surface area (TPSA) is 87.8 Å². The molecule has 190 valence electrons. The van der Waals surface area contributed by atoms with Crippen LogP contribution in [-0.2, 0) is 21.7 Å². The van der Waals surface area contributed by atoms with Crippen molar-refractivity contribution in [2.24, 2.45) is 5.41 Å². The Balaban J connectivity index is 1.54. The highest BCUT2D eigenvalue weighted by atomic mass is 32.2. The molecule has 4 fully saturated rings. The Hall–Kier alpha value is -2.50. The van der Waals surface area contributed by atoms with Crippen molar-refractivity contribution in [2.75, 3.05) is 11.6 Å². The third kappa shape index (κ3) is 4.03. The van der Waals surface area contributed by atoms with Crippen LogP contribution in [0.5, 0.6) is 0 Å². The van der Waals surface area contributed by atoms with Gasteiger partial charge in [-0.15, -0.1) is 0 Å². The van der Waals surface area contributed by atoms with Crippen LogP contribution in [0.25, 0.3) is 0 Å². The maximum absolute atomic E-state index is 14.4. The first-order valence-corrected chi connectivity index (χ1v) is 13.1. The minimum atomic E-state index is -3.09. The summed E-state index contributed by atoms with van der Waals surface area (Å²) in [5.74, 6) is -3.79. The number of nitrogens with zero attached hydrogens (tertiary/aromatic N) is 2. The van der Waals surface area contributed by atoms with Crippen LogP contribution in [-0.4, -0.2) is 37.7 Å². The Morgan fingerprint density at radius 3 is 2.34 bits per heavy atom. The molecule has 0 radical (unpaired) electrons. The van der Waals surface area contributed by atoms with Crippen molar-refractivity contribution in [1.82, 2.24) is 9.78 Å². The molecule has 4 aliphatic carbocycles. The lowest BCUT2D eigenvalue weighted by molar-refractivity contribution is -0.164.